The number of thioether (sulfide) groups is 2. The van der Waals surface area contributed by atoms with Crippen LogP contribution in [0.4, 0.5) is 0 Å². The van der Waals surface area contributed by atoms with Crippen molar-refractivity contribution in [3.05, 3.63) is 89.5 Å². The van der Waals surface area contributed by atoms with Crippen LogP contribution in [-0.2, 0) is 0 Å². The van der Waals surface area contributed by atoms with Gasteiger partial charge in [0, 0.05) is 32.8 Å². The Kier molecular flexibility index (Phi) is 4.14. The zero-order valence-corrected chi connectivity index (χ0v) is 17.8. The third-order valence-electron chi connectivity index (χ3n) is 6.00. The molecule has 2 aliphatic rings. The van der Waals surface area contributed by atoms with Crippen molar-refractivity contribution in [1.82, 2.24) is 0 Å². The molecule has 0 aromatic heterocycles. The Balaban J connectivity index is 1.79. The molecule has 0 bridgehead atoms. The predicted octanol–water partition coefficient (Wildman–Crippen LogP) is 7.21. The largest absolute Gasteiger partial charge is 0.497 e. The van der Waals surface area contributed by atoms with Crippen LogP contribution in [-0.4, -0.2) is 18.6 Å². The second kappa shape index (κ2) is 6.86. The van der Waals surface area contributed by atoms with Crippen molar-refractivity contribution in [2.45, 2.75) is 15.7 Å². The molecular formula is C26H20OS2. The van der Waals surface area contributed by atoms with Gasteiger partial charge in [-0.25, -0.2) is 0 Å². The molecule has 0 amide bonds. The van der Waals surface area contributed by atoms with Crippen molar-refractivity contribution in [2.24, 2.45) is 0 Å². The number of methoxy groups -OCH3 is 1. The number of benzene rings is 4. The first-order valence-electron chi connectivity index (χ1n) is 9.94. The summed E-state index contributed by atoms with van der Waals surface area (Å²) in [5.74, 6) is 3.52. The standard InChI is InChI=1S/C26H20OS2/c1-27-17-11-12-20-21(15-17)23-22(16-7-3-2-4-8-16)18-9-5-6-10-19(18)24(23)26-25(20)28-13-14-29-26/h2-12,15,22H,13-14H2,1H3. The lowest BCUT2D eigenvalue weighted by atomic mass is 9.86. The smallest absolute Gasteiger partial charge is 0.119 e. The molecule has 0 N–H and O–H groups in total. The zero-order valence-electron chi connectivity index (χ0n) is 16.1. The molecule has 29 heavy (non-hydrogen) atoms. The Morgan fingerprint density at radius 1 is 0.793 bits per heavy atom. The molecule has 0 radical (unpaired) electrons. The maximum absolute atomic E-state index is 5.63. The van der Waals surface area contributed by atoms with Gasteiger partial charge in [-0.15, -0.1) is 23.5 Å². The Bertz CT molecular complexity index is 1250. The summed E-state index contributed by atoms with van der Waals surface area (Å²) >= 11 is 4.04. The first-order valence-corrected chi connectivity index (χ1v) is 11.9. The minimum Gasteiger partial charge on any atom is -0.497 e. The fourth-order valence-electron chi connectivity index (χ4n) is 4.82. The van der Waals surface area contributed by atoms with E-state index in [-0.39, 0.29) is 5.92 Å². The van der Waals surface area contributed by atoms with Crippen LogP contribution >= 0.6 is 23.5 Å². The molecule has 1 heterocycles. The van der Waals surface area contributed by atoms with E-state index in [1.165, 1.54) is 59.9 Å². The van der Waals surface area contributed by atoms with Gasteiger partial charge in [-0.3, -0.25) is 0 Å². The van der Waals surface area contributed by atoms with Gasteiger partial charge in [0.1, 0.15) is 5.75 Å². The van der Waals surface area contributed by atoms with Crippen molar-refractivity contribution in [2.75, 3.05) is 18.6 Å². The zero-order chi connectivity index (χ0) is 19.4. The van der Waals surface area contributed by atoms with E-state index < -0.39 is 0 Å². The molecule has 6 rings (SSSR count). The molecule has 0 fully saturated rings. The molecule has 1 nitrogen and oxygen atoms in total. The van der Waals surface area contributed by atoms with Crippen LogP contribution in [0.2, 0.25) is 0 Å². The summed E-state index contributed by atoms with van der Waals surface area (Å²) < 4.78 is 5.63. The number of rotatable bonds is 2. The van der Waals surface area contributed by atoms with E-state index in [1.807, 2.05) is 23.5 Å². The van der Waals surface area contributed by atoms with Crippen LogP contribution in [0.25, 0.3) is 21.9 Å². The summed E-state index contributed by atoms with van der Waals surface area (Å²) in [6.07, 6.45) is 0. The average molecular weight is 413 g/mol. The highest BCUT2D eigenvalue weighted by atomic mass is 32.2. The highest BCUT2D eigenvalue weighted by molar-refractivity contribution is 8.05. The minimum atomic E-state index is 0.259. The van der Waals surface area contributed by atoms with E-state index in [1.54, 1.807) is 7.11 Å². The normalized spacial score (nSPS) is 16.9. The summed E-state index contributed by atoms with van der Waals surface area (Å²) in [5.41, 5.74) is 7.06. The van der Waals surface area contributed by atoms with Crippen LogP contribution in [0.1, 0.15) is 22.6 Å². The van der Waals surface area contributed by atoms with Gasteiger partial charge >= 0.3 is 0 Å². The monoisotopic (exact) mass is 412 g/mol. The Morgan fingerprint density at radius 3 is 2.38 bits per heavy atom. The maximum atomic E-state index is 5.63. The van der Waals surface area contributed by atoms with E-state index in [4.69, 9.17) is 4.74 Å². The average Bonchev–Trinajstić information content (AvgIpc) is 3.15. The maximum Gasteiger partial charge on any atom is 0.119 e. The molecule has 1 unspecified atom stereocenters. The molecule has 0 saturated carbocycles. The van der Waals surface area contributed by atoms with E-state index in [2.05, 4.69) is 72.8 Å². The van der Waals surface area contributed by atoms with Crippen molar-refractivity contribution in [1.29, 1.82) is 0 Å². The molecule has 142 valence electrons. The van der Waals surface area contributed by atoms with Gasteiger partial charge in [-0.1, -0.05) is 54.6 Å². The summed E-state index contributed by atoms with van der Waals surface area (Å²) in [5, 5.41) is 2.70. The topological polar surface area (TPSA) is 9.23 Å². The Labute approximate surface area is 179 Å². The van der Waals surface area contributed by atoms with Gasteiger partial charge in [-0.05, 0) is 51.2 Å². The first kappa shape index (κ1) is 17.5. The second-order valence-electron chi connectivity index (χ2n) is 7.49. The van der Waals surface area contributed by atoms with Crippen LogP contribution in [0.3, 0.4) is 0 Å². The van der Waals surface area contributed by atoms with Gasteiger partial charge in [-0.2, -0.15) is 0 Å². The Hall–Kier alpha value is -2.36. The summed E-state index contributed by atoms with van der Waals surface area (Å²) in [6.45, 7) is 0. The van der Waals surface area contributed by atoms with E-state index in [0.29, 0.717) is 0 Å². The van der Waals surface area contributed by atoms with E-state index in [0.717, 1.165) is 5.75 Å². The summed E-state index contributed by atoms with van der Waals surface area (Å²) in [7, 11) is 1.76. The fraction of sp³-hybridized carbons (Fsp3) is 0.154. The number of hydrogen-bond acceptors (Lipinski definition) is 3. The molecule has 4 aromatic carbocycles. The predicted molar refractivity (Wildman–Crippen MR) is 125 cm³/mol. The van der Waals surface area contributed by atoms with Crippen molar-refractivity contribution < 1.29 is 4.74 Å². The molecule has 4 aromatic rings. The highest BCUT2D eigenvalue weighted by Crippen LogP contribution is 2.58. The molecule has 3 heteroatoms. The Morgan fingerprint density at radius 2 is 1.55 bits per heavy atom. The van der Waals surface area contributed by atoms with Crippen molar-refractivity contribution in [3.63, 3.8) is 0 Å². The highest BCUT2D eigenvalue weighted by Gasteiger charge is 2.36. The number of hydrogen-bond donors (Lipinski definition) is 0. The second-order valence-corrected chi connectivity index (χ2v) is 9.70. The van der Waals surface area contributed by atoms with Crippen molar-refractivity contribution >= 4 is 34.3 Å². The summed E-state index contributed by atoms with van der Waals surface area (Å²) in [4.78, 5) is 2.92. The van der Waals surface area contributed by atoms with Crippen molar-refractivity contribution in [3.8, 4) is 16.9 Å². The van der Waals surface area contributed by atoms with Crippen LogP contribution in [0.15, 0.2) is 82.6 Å². The van der Waals surface area contributed by atoms with Gasteiger partial charge in [0.05, 0.1) is 7.11 Å². The molecular weight excluding hydrogens is 392 g/mol. The van der Waals surface area contributed by atoms with Gasteiger partial charge < -0.3 is 4.74 Å². The lowest BCUT2D eigenvalue weighted by molar-refractivity contribution is 0.415. The lowest BCUT2D eigenvalue weighted by Gasteiger charge is -2.24. The number of fused-ring (bicyclic) bond motifs is 8. The van der Waals surface area contributed by atoms with E-state index >= 15 is 0 Å². The third kappa shape index (κ3) is 2.57. The molecule has 1 aliphatic heterocycles. The molecule has 1 aliphatic carbocycles. The quantitative estimate of drug-likeness (QED) is 0.303. The van der Waals surface area contributed by atoms with Gasteiger partial charge in [0.15, 0.2) is 0 Å². The van der Waals surface area contributed by atoms with Crippen LogP contribution in [0, 0.1) is 0 Å². The molecule has 1 atom stereocenters. The van der Waals surface area contributed by atoms with Gasteiger partial charge in [0.2, 0.25) is 0 Å². The minimum absolute atomic E-state index is 0.259. The van der Waals surface area contributed by atoms with Crippen LogP contribution < -0.4 is 4.74 Å². The molecule has 0 saturated heterocycles. The fourth-order valence-corrected chi connectivity index (χ4v) is 7.42. The lowest BCUT2D eigenvalue weighted by Crippen LogP contribution is -2.03. The van der Waals surface area contributed by atoms with Gasteiger partial charge in [0.25, 0.3) is 0 Å². The molecule has 0 spiro atoms. The SMILES string of the molecule is COc1ccc2c3c(c4c(c2c1)C(c1ccccc1)c1ccccc1-4)SCCS3. The third-order valence-corrected chi connectivity index (χ3v) is 8.62. The van der Waals surface area contributed by atoms with Crippen LogP contribution in [0.5, 0.6) is 5.75 Å². The first-order chi connectivity index (χ1) is 14.4. The van der Waals surface area contributed by atoms with E-state index in [9.17, 15) is 0 Å². The number of ether oxygens (including phenoxy) is 1. The summed E-state index contributed by atoms with van der Waals surface area (Å²) in [6, 6.07) is 26.5.